The molecule has 0 saturated heterocycles. The van der Waals surface area contributed by atoms with Crippen LogP contribution in [0.5, 0.6) is 0 Å². The van der Waals surface area contributed by atoms with E-state index in [9.17, 15) is 0 Å². The van der Waals surface area contributed by atoms with Gasteiger partial charge in [-0.05, 0) is 96.3 Å². The van der Waals surface area contributed by atoms with Gasteiger partial charge in [-0.2, -0.15) is 0 Å². The van der Waals surface area contributed by atoms with Crippen molar-refractivity contribution in [3.63, 3.8) is 0 Å². The first-order valence-corrected chi connectivity index (χ1v) is 61.5. The quantitative estimate of drug-likeness (QED) is 0.0414. The summed E-state index contributed by atoms with van der Waals surface area (Å²) in [6.07, 6.45) is 108. The van der Waals surface area contributed by atoms with E-state index in [0.717, 1.165) is 0 Å². The van der Waals surface area contributed by atoms with Crippen LogP contribution in [0.4, 0.5) is 0 Å². The Hall–Kier alpha value is 4.66. The molecule has 18 heteroatoms. The van der Waals surface area contributed by atoms with E-state index in [1.54, 1.807) is 93.2 Å². The van der Waals surface area contributed by atoms with Crippen molar-refractivity contribution in [1.29, 1.82) is 0 Å². The Morgan fingerprint density at radius 2 is 0.255 bits per heavy atom. The average molecular weight is 1890 g/mol. The first-order valence-electron chi connectivity index (χ1n) is 43.0. The van der Waals surface area contributed by atoms with E-state index in [-0.39, 0.29) is 49.8 Å². The molecule has 0 bridgehead atoms. The molecule has 0 rings (SSSR count). The number of halogens is 7. The van der Waals surface area contributed by atoms with Crippen LogP contribution in [0.1, 0.15) is 468 Å². The molecule has 0 aliphatic carbocycles. The predicted molar refractivity (Wildman–Crippen MR) is 487 cm³/mol. The Bertz CT molecular complexity index is 1160. The third-order valence-corrected chi connectivity index (χ3v) is 36.0. The fraction of sp³-hybridized carbons (Fsp3) is 1.00. The third-order valence-electron chi connectivity index (χ3n) is 20.8. The minimum atomic E-state index is -1.81. The molecule has 0 aromatic rings. The Morgan fingerprint density at radius 1 is 0.186 bits per heavy atom. The Balaban J connectivity index is -0.000000109. The van der Waals surface area contributed by atoms with Gasteiger partial charge in [0.1, 0.15) is 0 Å². The molecule has 0 atom stereocenters. The van der Waals surface area contributed by atoms with Crippen molar-refractivity contribution < 1.29 is 70.0 Å². The number of rotatable bonds is 72. The van der Waals surface area contributed by atoms with E-state index in [1.165, 1.54) is 366 Å². The number of unbranched alkanes of at least 4 members (excludes halogenated alkanes) is 48. The van der Waals surface area contributed by atoms with E-state index in [1.807, 2.05) is 0 Å². The van der Waals surface area contributed by atoms with Crippen LogP contribution in [0.2, 0.25) is 0 Å². The van der Waals surface area contributed by atoms with Crippen molar-refractivity contribution in [2.24, 2.45) is 0 Å². The van der Waals surface area contributed by atoms with E-state index in [4.69, 9.17) is 40.6 Å². The van der Waals surface area contributed by atoms with Crippen molar-refractivity contribution in [1.82, 2.24) is 0 Å². The summed E-state index contributed by atoms with van der Waals surface area (Å²) in [5.41, 5.74) is 0. The predicted octanol–water partition coefficient (Wildman–Crippen LogP) is 29.2. The van der Waals surface area contributed by atoms with Crippen LogP contribution in [0, 0.1) is 0 Å². The molecule has 0 unspecified atom stereocenters. The van der Waals surface area contributed by atoms with Gasteiger partial charge in [-0.15, -0.1) is 0 Å². The van der Waals surface area contributed by atoms with Gasteiger partial charge < -0.3 is 49.8 Å². The van der Waals surface area contributed by atoms with Crippen LogP contribution >= 0.6 is 90.7 Å². The zero-order valence-corrected chi connectivity index (χ0v) is 83.1. The summed E-state index contributed by atoms with van der Waals surface area (Å²) in [4.78, 5) is 0. The van der Waals surface area contributed by atoms with Crippen LogP contribution in [-0.2, 0) is 20.1 Å². The molecule has 0 radical (unpaired) electrons. The summed E-state index contributed by atoms with van der Waals surface area (Å²) in [6.45, 7) is 28.4. The molecular weight excluding hydrogens is 1700 g/mol. The van der Waals surface area contributed by atoms with Crippen molar-refractivity contribution in [2.75, 3.05) is 73.9 Å². The van der Waals surface area contributed by atoms with E-state index < -0.39 is 29.0 Å². The monoisotopic (exact) mass is 1880 g/mol. The molecule has 0 saturated carbocycles. The Kier molecular flexibility index (Phi) is 146. The molecule has 0 amide bonds. The second-order valence-corrected chi connectivity index (χ2v) is 64.2. The fourth-order valence-electron chi connectivity index (χ4n) is 14.4. The van der Waals surface area contributed by atoms with Gasteiger partial charge in [0.05, 0.1) is 73.9 Å². The van der Waals surface area contributed by atoms with Gasteiger partial charge in [-0.25, -0.2) is 0 Å². The van der Waals surface area contributed by atoms with Gasteiger partial charge in [0, 0.05) is 21.8 Å². The minimum absolute atomic E-state index is 0. The van der Waals surface area contributed by atoms with Crippen LogP contribution in [-0.4, -0.2) is 107 Å². The SMILES string of the molecule is CCCCCCCCCCCCCCCC[P+](CCCC)(CCCC)CCCC.CCCCCCCCCCCCCCCC[P+](CCCC)(CCCC)CCCC.CCCCCCCCCCCCCCCC[P+](CCCC)(CCCC)CCCC.O.O.O.O.O.O.[Br-].[Cl][Co-2]([Cl])([Br])[Br].[Cl][Co][Cl]. The Morgan fingerprint density at radius 3 is 0.343 bits per heavy atom. The van der Waals surface area contributed by atoms with Crippen LogP contribution in [0.3, 0.4) is 0 Å². The Labute approximate surface area is 696 Å². The molecule has 0 spiro atoms. The second kappa shape index (κ2) is 112. The van der Waals surface area contributed by atoms with E-state index in [0.29, 0.717) is 12.9 Å². The van der Waals surface area contributed by atoms with Crippen LogP contribution < -0.4 is 17.0 Å². The molecule has 0 fully saturated rings. The summed E-state index contributed by atoms with van der Waals surface area (Å²) in [6, 6.07) is 0. The summed E-state index contributed by atoms with van der Waals surface area (Å²) in [5, 5.41) is 0. The molecule has 0 aliphatic rings. The van der Waals surface area contributed by atoms with Crippen molar-refractivity contribution >= 4 is 90.7 Å². The van der Waals surface area contributed by atoms with E-state index in [2.05, 4.69) is 111 Å². The first-order chi connectivity index (χ1) is 46.1. The maximum atomic E-state index is 5.24. The van der Waals surface area contributed by atoms with Crippen LogP contribution in [0.15, 0.2) is 0 Å². The molecule has 0 aromatic carbocycles. The van der Waals surface area contributed by atoms with Gasteiger partial charge in [-0.1, -0.05) is 372 Å². The molecule has 0 aromatic heterocycles. The van der Waals surface area contributed by atoms with Gasteiger partial charge >= 0.3 is 89.0 Å². The standard InChI is InChI=1S/3C28H60P.3BrH.4ClH.2Co.6H2O/c3*1-5-9-13-14-15-16-17-18-19-20-21-22-23-24-28-29(25-10-6-2,26-11-7-3)27-12-8-4;;;;;;;;;;;;;;;/h3*5-28H2,1-4H3;7*1H;;;6*1H2/q3*+1;;;;;;;;2*+2;;;;;;/p-7. The summed E-state index contributed by atoms with van der Waals surface area (Å²) in [7, 11) is 16.2. The first kappa shape index (κ1) is 133. The fourth-order valence-corrected chi connectivity index (χ4v) is 30.0. The van der Waals surface area contributed by atoms with Gasteiger partial charge in [0.2, 0.25) is 0 Å². The summed E-state index contributed by atoms with van der Waals surface area (Å²) in [5.74, 6) is 0. The van der Waals surface area contributed by atoms with E-state index >= 15 is 0 Å². The van der Waals surface area contributed by atoms with Gasteiger partial charge in [0.15, 0.2) is 0 Å². The zero-order chi connectivity index (χ0) is 71.6. The van der Waals surface area contributed by atoms with Crippen molar-refractivity contribution in [2.45, 2.75) is 468 Å². The molecule has 6 nitrogen and oxygen atoms in total. The zero-order valence-electron chi connectivity index (χ0n) is 70.6. The van der Waals surface area contributed by atoms with Crippen LogP contribution in [0.25, 0.3) is 0 Å². The van der Waals surface area contributed by atoms with Gasteiger partial charge in [0.25, 0.3) is 0 Å². The maximum absolute atomic E-state index is 5.24. The van der Waals surface area contributed by atoms with Gasteiger partial charge in [-0.3, -0.25) is 0 Å². The third kappa shape index (κ3) is 111. The molecule has 0 heterocycles. The topological polar surface area (TPSA) is 189 Å². The van der Waals surface area contributed by atoms with Crippen molar-refractivity contribution in [3.8, 4) is 0 Å². The molecular formula is C84H192Br3Cl4Co2O6P3. The molecule has 0 aliphatic heterocycles. The van der Waals surface area contributed by atoms with Crippen molar-refractivity contribution in [3.05, 3.63) is 0 Å². The normalized spacial score (nSPS) is 11.2. The number of hydrogen-bond acceptors (Lipinski definition) is 0. The molecule has 102 heavy (non-hydrogen) atoms. The average Bonchev–Trinajstić information content (AvgIpc) is 0.893. The second-order valence-electron chi connectivity index (χ2n) is 30.0. The molecule has 646 valence electrons. The number of hydrogen-bond donors (Lipinski definition) is 0. The summed E-state index contributed by atoms with van der Waals surface area (Å²) < 4.78 is 0. The summed E-state index contributed by atoms with van der Waals surface area (Å²) >= 11 is 6.25. The molecule has 12 N–H and O–H groups in total.